The molecular weight excluding hydrogens is 373 g/mol. The molecule has 2 rings (SSSR count). The molecule has 2 aromatic rings. The molecule has 1 N–H and O–H groups in total. The fraction of sp³-hybridized carbons (Fsp3) is 0.188. The van der Waals surface area contributed by atoms with Crippen molar-refractivity contribution in [3.63, 3.8) is 0 Å². The van der Waals surface area contributed by atoms with Crippen LogP contribution in [-0.4, -0.2) is 26.7 Å². The van der Waals surface area contributed by atoms with Gasteiger partial charge < -0.3 is 10.1 Å². The van der Waals surface area contributed by atoms with Gasteiger partial charge in [0.25, 0.3) is 5.91 Å². The highest BCUT2D eigenvalue weighted by Crippen LogP contribution is 2.26. The number of nitrogens with one attached hydrogen (secondary N) is 1. The van der Waals surface area contributed by atoms with Crippen LogP contribution in [0.2, 0.25) is 10.0 Å². The quantitative estimate of drug-likeness (QED) is 0.846. The van der Waals surface area contributed by atoms with E-state index in [9.17, 15) is 13.2 Å². The van der Waals surface area contributed by atoms with Gasteiger partial charge in [-0.05, 0) is 49.4 Å². The first-order valence-electron chi connectivity index (χ1n) is 6.89. The third-order valence-electron chi connectivity index (χ3n) is 3.12. The maximum atomic E-state index is 12.2. The highest BCUT2D eigenvalue weighted by atomic mass is 35.5. The fourth-order valence-electron chi connectivity index (χ4n) is 1.85. The Kier molecular flexibility index (Phi) is 5.74. The molecule has 0 aromatic heterocycles. The summed E-state index contributed by atoms with van der Waals surface area (Å²) in [6.07, 6.45) is 0.303. The Hall–Kier alpha value is -1.76. The summed E-state index contributed by atoms with van der Waals surface area (Å²) >= 11 is 11.9. The Morgan fingerprint density at radius 3 is 2.33 bits per heavy atom. The van der Waals surface area contributed by atoms with Crippen molar-refractivity contribution in [3.05, 3.63) is 52.5 Å². The van der Waals surface area contributed by atoms with E-state index in [0.29, 0.717) is 21.5 Å². The summed E-state index contributed by atoms with van der Waals surface area (Å²) in [5.74, 6) is -0.0337. The maximum Gasteiger partial charge on any atom is 0.265 e. The van der Waals surface area contributed by atoms with Crippen molar-refractivity contribution in [3.8, 4) is 5.75 Å². The topological polar surface area (TPSA) is 72.5 Å². The third kappa shape index (κ3) is 4.87. The lowest BCUT2D eigenvalue weighted by Crippen LogP contribution is -2.30. The molecule has 1 atom stereocenters. The van der Waals surface area contributed by atoms with Crippen molar-refractivity contribution in [2.75, 3.05) is 11.6 Å². The lowest BCUT2D eigenvalue weighted by atomic mass is 10.3. The summed E-state index contributed by atoms with van der Waals surface area (Å²) < 4.78 is 28.3. The molecule has 24 heavy (non-hydrogen) atoms. The van der Waals surface area contributed by atoms with Crippen molar-refractivity contribution in [1.82, 2.24) is 0 Å². The minimum atomic E-state index is -3.28. The molecule has 1 amide bonds. The SMILES string of the molecule is CC(Oc1ccc(S(C)(=O)=O)cc1)C(=O)Nc1cc(Cl)ccc1Cl. The number of anilines is 1. The zero-order valence-corrected chi connectivity index (χ0v) is 15.2. The number of carbonyl (C=O) groups excluding carboxylic acids is 1. The number of benzene rings is 2. The van der Waals surface area contributed by atoms with E-state index in [1.165, 1.54) is 30.3 Å². The summed E-state index contributed by atoms with van der Waals surface area (Å²) in [5, 5.41) is 3.43. The molecule has 0 fully saturated rings. The Labute approximate surface area is 150 Å². The largest absolute Gasteiger partial charge is 0.481 e. The normalized spacial score (nSPS) is 12.5. The molecule has 0 bridgehead atoms. The molecule has 0 aliphatic heterocycles. The second kappa shape index (κ2) is 7.42. The van der Waals surface area contributed by atoms with Gasteiger partial charge in [-0.25, -0.2) is 8.42 Å². The average Bonchev–Trinajstić information content (AvgIpc) is 2.50. The molecule has 0 aliphatic rings. The van der Waals surface area contributed by atoms with E-state index < -0.39 is 21.8 Å². The molecule has 128 valence electrons. The van der Waals surface area contributed by atoms with Crippen molar-refractivity contribution >= 4 is 44.6 Å². The molecule has 5 nitrogen and oxygen atoms in total. The Bertz CT molecular complexity index is 851. The smallest absolute Gasteiger partial charge is 0.265 e. The van der Waals surface area contributed by atoms with Gasteiger partial charge in [-0.2, -0.15) is 0 Å². The first-order chi connectivity index (χ1) is 11.2. The van der Waals surface area contributed by atoms with Crippen molar-refractivity contribution in [2.45, 2.75) is 17.9 Å². The van der Waals surface area contributed by atoms with Crippen LogP contribution in [0.15, 0.2) is 47.4 Å². The van der Waals surface area contributed by atoms with Crippen LogP contribution in [0.5, 0.6) is 5.75 Å². The summed E-state index contributed by atoms with van der Waals surface area (Å²) in [6, 6.07) is 10.6. The van der Waals surface area contributed by atoms with Crippen LogP contribution >= 0.6 is 23.2 Å². The first-order valence-corrected chi connectivity index (χ1v) is 9.54. The zero-order valence-electron chi connectivity index (χ0n) is 12.9. The van der Waals surface area contributed by atoms with Crippen LogP contribution in [0.25, 0.3) is 0 Å². The highest BCUT2D eigenvalue weighted by molar-refractivity contribution is 7.90. The van der Waals surface area contributed by atoms with Gasteiger partial charge in [-0.3, -0.25) is 4.79 Å². The van der Waals surface area contributed by atoms with E-state index in [1.54, 1.807) is 19.1 Å². The molecule has 0 spiro atoms. The Balaban J connectivity index is 2.05. The monoisotopic (exact) mass is 387 g/mol. The Morgan fingerprint density at radius 1 is 1.12 bits per heavy atom. The van der Waals surface area contributed by atoms with Crippen LogP contribution < -0.4 is 10.1 Å². The molecule has 0 saturated carbocycles. The van der Waals surface area contributed by atoms with Gasteiger partial charge in [0.05, 0.1) is 15.6 Å². The number of amides is 1. The van der Waals surface area contributed by atoms with Gasteiger partial charge in [0.2, 0.25) is 0 Å². The molecular formula is C16H15Cl2NO4S. The van der Waals surface area contributed by atoms with E-state index in [0.717, 1.165) is 6.26 Å². The van der Waals surface area contributed by atoms with E-state index in [1.807, 2.05) is 0 Å². The summed E-state index contributed by atoms with van der Waals surface area (Å²) in [7, 11) is -3.28. The molecule has 8 heteroatoms. The van der Waals surface area contributed by atoms with Gasteiger partial charge in [0.15, 0.2) is 15.9 Å². The number of ether oxygens (including phenoxy) is 1. The fourth-order valence-corrected chi connectivity index (χ4v) is 2.82. The van der Waals surface area contributed by atoms with Crippen LogP contribution in [0.3, 0.4) is 0 Å². The predicted molar refractivity (Wildman–Crippen MR) is 94.7 cm³/mol. The van der Waals surface area contributed by atoms with E-state index in [4.69, 9.17) is 27.9 Å². The van der Waals surface area contributed by atoms with Gasteiger partial charge in [-0.1, -0.05) is 23.2 Å². The summed E-state index contributed by atoms with van der Waals surface area (Å²) in [6.45, 7) is 1.57. The number of sulfone groups is 1. The molecule has 0 aliphatic carbocycles. The van der Waals surface area contributed by atoms with Crippen LogP contribution in [0.4, 0.5) is 5.69 Å². The molecule has 0 heterocycles. The van der Waals surface area contributed by atoms with Gasteiger partial charge in [0.1, 0.15) is 5.75 Å². The van der Waals surface area contributed by atoms with Crippen molar-refractivity contribution in [2.24, 2.45) is 0 Å². The minimum Gasteiger partial charge on any atom is -0.481 e. The van der Waals surface area contributed by atoms with Gasteiger partial charge in [0, 0.05) is 11.3 Å². The second-order valence-electron chi connectivity index (χ2n) is 5.12. The van der Waals surface area contributed by atoms with Gasteiger partial charge >= 0.3 is 0 Å². The van der Waals surface area contributed by atoms with Crippen LogP contribution in [-0.2, 0) is 14.6 Å². The standard InChI is InChI=1S/C16H15Cl2NO4S/c1-10(16(20)19-15-9-11(17)3-8-14(15)18)23-12-4-6-13(7-5-12)24(2,21)22/h3-10H,1-2H3,(H,19,20). The molecule has 1 unspecified atom stereocenters. The van der Waals surface area contributed by atoms with Crippen LogP contribution in [0.1, 0.15) is 6.92 Å². The number of hydrogen-bond acceptors (Lipinski definition) is 4. The third-order valence-corrected chi connectivity index (χ3v) is 4.81. The lowest BCUT2D eigenvalue weighted by Gasteiger charge is -2.15. The molecule has 0 saturated heterocycles. The first kappa shape index (κ1) is 18.6. The van der Waals surface area contributed by atoms with E-state index in [2.05, 4.69) is 5.32 Å². The average molecular weight is 388 g/mol. The Morgan fingerprint density at radius 2 is 1.75 bits per heavy atom. The molecule has 2 aromatic carbocycles. The van der Waals surface area contributed by atoms with Crippen molar-refractivity contribution < 1.29 is 17.9 Å². The highest BCUT2D eigenvalue weighted by Gasteiger charge is 2.17. The number of halogens is 2. The predicted octanol–water partition coefficient (Wildman–Crippen LogP) is 3.80. The van der Waals surface area contributed by atoms with Gasteiger partial charge in [-0.15, -0.1) is 0 Å². The van der Waals surface area contributed by atoms with E-state index in [-0.39, 0.29) is 4.90 Å². The lowest BCUT2D eigenvalue weighted by molar-refractivity contribution is -0.122. The zero-order chi connectivity index (χ0) is 17.9. The van der Waals surface area contributed by atoms with E-state index >= 15 is 0 Å². The van der Waals surface area contributed by atoms with Crippen molar-refractivity contribution in [1.29, 1.82) is 0 Å². The second-order valence-corrected chi connectivity index (χ2v) is 7.98. The maximum absolute atomic E-state index is 12.2. The minimum absolute atomic E-state index is 0.178. The molecule has 0 radical (unpaired) electrons. The number of hydrogen-bond donors (Lipinski definition) is 1. The number of rotatable bonds is 5. The summed E-state index contributed by atoms with van der Waals surface area (Å²) in [5.41, 5.74) is 0.386. The van der Waals surface area contributed by atoms with Crippen LogP contribution in [0, 0.1) is 0 Å². The summed E-state index contributed by atoms with van der Waals surface area (Å²) in [4.78, 5) is 12.4. The number of carbonyl (C=O) groups is 1.